The summed E-state index contributed by atoms with van der Waals surface area (Å²) in [6.45, 7) is 4.05. The first-order chi connectivity index (χ1) is 8.30. The number of hydrogen-bond donors (Lipinski definition) is 2. The molecule has 3 nitrogen and oxygen atoms in total. The molecule has 1 aromatic rings. The topological polar surface area (TPSA) is 55.1 Å². The molecule has 0 fully saturated rings. The molecule has 3 N–H and O–H groups in total. The molecule has 108 valence electrons. The Labute approximate surface area is 134 Å². The van der Waals surface area contributed by atoms with Crippen molar-refractivity contribution in [2.24, 2.45) is 5.73 Å². The number of carbonyl (C=O) groups excluding carboxylic acids is 1. The molecule has 0 bridgehead atoms. The third-order valence-corrected chi connectivity index (χ3v) is 3.96. The first-order valence-electron chi connectivity index (χ1n) is 5.36. The van der Waals surface area contributed by atoms with Gasteiger partial charge in [0, 0.05) is 17.0 Å². The fraction of sp³-hybridized carbons (Fsp3) is 0.417. The Morgan fingerprint density at radius 3 is 2.42 bits per heavy atom. The predicted octanol–water partition coefficient (Wildman–Crippen LogP) is 3.60. The van der Waals surface area contributed by atoms with Crippen LogP contribution in [-0.4, -0.2) is 24.2 Å². The lowest BCUT2D eigenvalue weighted by molar-refractivity contribution is 0.0915. The number of hydrogen-bond acceptors (Lipinski definition) is 3. The quantitative estimate of drug-likeness (QED) is 0.821. The van der Waals surface area contributed by atoms with Gasteiger partial charge in [-0.1, -0.05) is 23.2 Å². The van der Waals surface area contributed by atoms with Crippen molar-refractivity contribution in [1.29, 1.82) is 0 Å². The zero-order chi connectivity index (χ0) is 13.9. The van der Waals surface area contributed by atoms with E-state index in [1.807, 2.05) is 20.1 Å². The minimum Gasteiger partial charge on any atom is -0.346 e. The molecule has 0 spiro atoms. The highest BCUT2D eigenvalue weighted by Crippen LogP contribution is 2.31. The smallest absolute Gasteiger partial charge is 0.253 e. The third kappa shape index (κ3) is 5.04. The van der Waals surface area contributed by atoms with Gasteiger partial charge < -0.3 is 11.1 Å². The van der Waals surface area contributed by atoms with Crippen LogP contribution < -0.4 is 11.1 Å². The second-order valence-electron chi connectivity index (χ2n) is 4.51. The van der Waals surface area contributed by atoms with E-state index in [4.69, 9.17) is 28.9 Å². The van der Waals surface area contributed by atoms with E-state index in [1.165, 1.54) is 11.8 Å². The number of carbonyl (C=O) groups is 1. The standard InChI is InChI=1S/C12H16Cl2N2OS.ClH/c1-12(2,6-15)16-11(17)7-4-10(18-3)9(14)5-8(7)13;/h4-5H,6,15H2,1-3H3,(H,16,17);1H. The van der Waals surface area contributed by atoms with Crippen LogP contribution in [0.15, 0.2) is 17.0 Å². The van der Waals surface area contributed by atoms with Crippen molar-refractivity contribution < 1.29 is 4.79 Å². The molecule has 0 heterocycles. The van der Waals surface area contributed by atoms with Crippen LogP contribution in [0.3, 0.4) is 0 Å². The van der Waals surface area contributed by atoms with E-state index in [9.17, 15) is 4.79 Å². The summed E-state index contributed by atoms with van der Waals surface area (Å²) in [6.07, 6.45) is 1.89. The first-order valence-corrected chi connectivity index (χ1v) is 7.34. The number of benzene rings is 1. The highest BCUT2D eigenvalue weighted by Gasteiger charge is 2.21. The van der Waals surface area contributed by atoms with Crippen molar-refractivity contribution in [2.75, 3.05) is 12.8 Å². The van der Waals surface area contributed by atoms with Gasteiger partial charge in [-0.25, -0.2) is 0 Å². The maximum absolute atomic E-state index is 12.1. The van der Waals surface area contributed by atoms with Crippen LogP contribution in [-0.2, 0) is 0 Å². The summed E-state index contributed by atoms with van der Waals surface area (Å²) in [6, 6.07) is 3.27. The van der Waals surface area contributed by atoms with E-state index in [2.05, 4.69) is 5.32 Å². The number of halogens is 3. The summed E-state index contributed by atoms with van der Waals surface area (Å²) in [7, 11) is 0. The molecule has 0 aliphatic heterocycles. The maximum atomic E-state index is 12.1. The number of rotatable bonds is 4. The predicted molar refractivity (Wildman–Crippen MR) is 86.1 cm³/mol. The molecule has 1 aromatic carbocycles. The summed E-state index contributed by atoms with van der Waals surface area (Å²) in [5.41, 5.74) is 5.51. The van der Waals surface area contributed by atoms with Crippen LogP contribution in [0.1, 0.15) is 24.2 Å². The van der Waals surface area contributed by atoms with Gasteiger partial charge in [0.05, 0.1) is 15.6 Å². The SMILES string of the molecule is CSc1cc(C(=O)NC(C)(C)CN)c(Cl)cc1Cl.Cl. The fourth-order valence-corrected chi connectivity index (χ4v) is 2.48. The van der Waals surface area contributed by atoms with Gasteiger partial charge in [0.25, 0.3) is 5.91 Å². The average molecular weight is 344 g/mol. The number of nitrogens with two attached hydrogens (primary N) is 1. The zero-order valence-electron chi connectivity index (χ0n) is 10.9. The molecule has 0 radical (unpaired) electrons. The molecular formula is C12H17Cl3N2OS. The molecule has 0 unspecified atom stereocenters. The lowest BCUT2D eigenvalue weighted by atomic mass is 10.1. The molecule has 1 amide bonds. The van der Waals surface area contributed by atoms with E-state index in [0.29, 0.717) is 22.2 Å². The van der Waals surface area contributed by atoms with E-state index < -0.39 is 5.54 Å². The lowest BCUT2D eigenvalue weighted by Gasteiger charge is -2.24. The Morgan fingerprint density at radius 1 is 1.37 bits per heavy atom. The van der Waals surface area contributed by atoms with Crippen molar-refractivity contribution in [3.8, 4) is 0 Å². The molecule has 19 heavy (non-hydrogen) atoms. The van der Waals surface area contributed by atoms with Crippen molar-refractivity contribution in [3.05, 3.63) is 27.7 Å². The number of thioether (sulfide) groups is 1. The van der Waals surface area contributed by atoms with Crippen molar-refractivity contribution in [3.63, 3.8) is 0 Å². The third-order valence-electron chi connectivity index (χ3n) is 2.45. The summed E-state index contributed by atoms with van der Waals surface area (Å²) in [5.74, 6) is -0.248. The summed E-state index contributed by atoms with van der Waals surface area (Å²) >= 11 is 13.5. The molecule has 0 aromatic heterocycles. The molecule has 0 atom stereocenters. The molecule has 0 aliphatic rings. The molecule has 1 rings (SSSR count). The minimum atomic E-state index is -0.473. The number of amides is 1. The largest absolute Gasteiger partial charge is 0.346 e. The molecule has 0 saturated carbocycles. The Morgan fingerprint density at radius 2 is 1.95 bits per heavy atom. The van der Waals surface area contributed by atoms with Gasteiger partial charge in [0.15, 0.2) is 0 Å². The molecule has 0 saturated heterocycles. The van der Waals surface area contributed by atoms with Crippen LogP contribution in [0.4, 0.5) is 0 Å². The molecule has 0 aliphatic carbocycles. The van der Waals surface area contributed by atoms with Crippen molar-refractivity contribution >= 4 is 53.3 Å². The zero-order valence-corrected chi connectivity index (χ0v) is 14.1. The molecular weight excluding hydrogens is 327 g/mol. The second-order valence-corrected chi connectivity index (χ2v) is 6.17. The van der Waals surface area contributed by atoms with E-state index >= 15 is 0 Å². The fourth-order valence-electron chi connectivity index (χ4n) is 1.29. The first kappa shape index (κ1) is 18.9. The van der Waals surface area contributed by atoms with Crippen LogP contribution >= 0.6 is 47.4 Å². The second kappa shape index (κ2) is 7.60. The van der Waals surface area contributed by atoms with Gasteiger partial charge in [-0.3, -0.25) is 4.79 Å². The Bertz CT molecular complexity index is 467. The van der Waals surface area contributed by atoms with Gasteiger partial charge in [0.1, 0.15) is 0 Å². The number of nitrogens with one attached hydrogen (secondary N) is 1. The normalized spacial score (nSPS) is 10.8. The summed E-state index contributed by atoms with van der Waals surface area (Å²) in [4.78, 5) is 12.9. The van der Waals surface area contributed by atoms with Crippen LogP contribution in [0.2, 0.25) is 10.0 Å². The van der Waals surface area contributed by atoms with Crippen LogP contribution in [0.5, 0.6) is 0 Å². The average Bonchev–Trinajstić information content (AvgIpc) is 2.28. The monoisotopic (exact) mass is 342 g/mol. The van der Waals surface area contributed by atoms with Gasteiger partial charge in [0.2, 0.25) is 0 Å². The van der Waals surface area contributed by atoms with Crippen molar-refractivity contribution in [2.45, 2.75) is 24.3 Å². The van der Waals surface area contributed by atoms with Gasteiger partial charge in [-0.05, 0) is 32.2 Å². The van der Waals surface area contributed by atoms with Crippen LogP contribution in [0.25, 0.3) is 0 Å². The summed E-state index contributed by atoms with van der Waals surface area (Å²) < 4.78 is 0. The van der Waals surface area contributed by atoms with Crippen LogP contribution in [0, 0.1) is 0 Å². The van der Waals surface area contributed by atoms with E-state index in [0.717, 1.165) is 4.90 Å². The maximum Gasteiger partial charge on any atom is 0.253 e. The Balaban J connectivity index is 0.00000324. The van der Waals surface area contributed by atoms with Gasteiger partial charge in [-0.15, -0.1) is 24.2 Å². The highest BCUT2D eigenvalue weighted by atomic mass is 35.5. The highest BCUT2D eigenvalue weighted by molar-refractivity contribution is 7.98. The van der Waals surface area contributed by atoms with E-state index in [1.54, 1.807) is 12.1 Å². The van der Waals surface area contributed by atoms with E-state index in [-0.39, 0.29) is 18.3 Å². The van der Waals surface area contributed by atoms with Crippen molar-refractivity contribution in [1.82, 2.24) is 5.32 Å². The summed E-state index contributed by atoms with van der Waals surface area (Å²) in [5, 5.41) is 3.71. The van der Waals surface area contributed by atoms with Gasteiger partial charge in [-0.2, -0.15) is 0 Å². The van der Waals surface area contributed by atoms with Gasteiger partial charge >= 0.3 is 0 Å². The lowest BCUT2D eigenvalue weighted by Crippen LogP contribution is -2.48. The Hall–Kier alpha value is -0.130. The molecule has 7 heteroatoms. The minimum absolute atomic E-state index is 0. The Kier molecular flexibility index (Phi) is 7.55.